The van der Waals surface area contributed by atoms with Crippen molar-refractivity contribution >= 4 is 47.1 Å². The average Bonchev–Trinajstić information content (AvgIpc) is 3.01. The van der Waals surface area contributed by atoms with Gasteiger partial charge in [0.05, 0.1) is 12.0 Å². The highest BCUT2D eigenvalue weighted by molar-refractivity contribution is 7.99. The Kier molecular flexibility index (Phi) is 6.49. The van der Waals surface area contributed by atoms with Crippen molar-refractivity contribution in [3.05, 3.63) is 64.1 Å². The molecule has 0 aliphatic carbocycles. The molecule has 3 rings (SSSR count). The third-order valence-electron chi connectivity index (χ3n) is 3.52. The van der Waals surface area contributed by atoms with Gasteiger partial charge in [-0.15, -0.1) is 10.2 Å². The summed E-state index contributed by atoms with van der Waals surface area (Å²) in [6.07, 6.45) is 1.54. The van der Waals surface area contributed by atoms with Crippen LogP contribution in [0.3, 0.4) is 0 Å². The Bertz CT molecular complexity index is 972. The molecule has 138 valence electrons. The Labute approximate surface area is 170 Å². The van der Waals surface area contributed by atoms with Crippen LogP contribution in [-0.2, 0) is 11.8 Å². The fourth-order valence-electron chi connectivity index (χ4n) is 2.22. The van der Waals surface area contributed by atoms with Crippen LogP contribution < -0.4 is 5.43 Å². The molecule has 2 aromatic carbocycles. The number of aromatic nitrogens is 3. The molecule has 0 unspecified atom stereocenters. The fraction of sp³-hybridized carbons (Fsp3) is 0.111. The van der Waals surface area contributed by atoms with Crippen molar-refractivity contribution in [1.82, 2.24) is 20.2 Å². The number of nitrogens with one attached hydrogen (secondary N) is 1. The first-order chi connectivity index (χ1) is 13.0. The number of carbonyl (C=O) groups excluding carboxylic acids is 1. The van der Waals surface area contributed by atoms with Gasteiger partial charge >= 0.3 is 0 Å². The number of hydrogen-bond donors (Lipinski definition) is 1. The number of halogens is 2. The van der Waals surface area contributed by atoms with Gasteiger partial charge in [-0.05, 0) is 42.0 Å². The van der Waals surface area contributed by atoms with E-state index in [-0.39, 0.29) is 11.7 Å². The Morgan fingerprint density at radius 3 is 2.70 bits per heavy atom. The van der Waals surface area contributed by atoms with Gasteiger partial charge in [0.25, 0.3) is 5.91 Å². The second-order valence-electron chi connectivity index (χ2n) is 5.51. The topological polar surface area (TPSA) is 72.2 Å². The Morgan fingerprint density at radius 1 is 1.19 bits per heavy atom. The average molecular weight is 420 g/mol. The molecule has 1 amide bonds. The van der Waals surface area contributed by atoms with E-state index in [1.54, 1.807) is 24.3 Å². The second-order valence-corrected chi connectivity index (χ2v) is 7.32. The summed E-state index contributed by atoms with van der Waals surface area (Å²) in [6.45, 7) is 0. The predicted octanol–water partition coefficient (Wildman–Crippen LogP) is 4.03. The number of rotatable bonds is 6. The summed E-state index contributed by atoms with van der Waals surface area (Å²) >= 11 is 13.1. The van der Waals surface area contributed by atoms with Crippen LogP contribution in [0.4, 0.5) is 0 Å². The lowest BCUT2D eigenvalue weighted by Gasteiger charge is -2.04. The van der Waals surface area contributed by atoms with Crippen LogP contribution in [0, 0.1) is 0 Å². The molecule has 0 aliphatic heterocycles. The Hall–Kier alpha value is -2.35. The molecular weight excluding hydrogens is 405 g/mol. The zero-order valence-electron chi connectivity index (χ0n) is 14.3. The van der Waals surface area contributed by atoms with E-state index in [4.69, 9.17) is 23.2 Å². The largest absolute Gasteiger partial charge is 0.305 e. The molecule has 1 N–H and O–H groups in total. The molecule has 0 radical (unpaired) electrons. The molecule has 0 atom stereocenters. The predicted molar refractivity (Wildman–Crippen MR) is 109 cm³/mol. The highest BCUT2D eigenvalue weighted by Crippen LogP contribution is 2.23. The number of thioether (sulfide) groups is 1. The number of amides is 1. The van der Waals surface area contributed by atoms with Crippen molar-refractivity contribution < 1.29 is 4.79 Å². The first-order valence-electron chi connectivity index (χ1n) is 7.88. The van der Waals surface area contributed by atoms with Crippen molar-refractivity contribution in [3.63, 3.8) is 0 Å². The third-order valence-corrected chi connectivity index (χ3v) is 5.03. The van der Waals surface area contributed by atoms with Gasteiger partial charge in [0.2, 0.25) is 0 Å². The van der Waals surface area contributed by atoms with E-state index in [9.17, 15) is 4.79 Å². The minimum absolute atomic E-state index is 0.166. The number of hydrogen-bond acceptors (Lipinski definition) is 5. The van der Waals surface area contributed by atoms with E-state index >= 15 is 0 Å². The second kappa shape index (κ2) is 9.03. The van der Waals surface area contributed by atoms with Crippen LogP contribution in [0.2, 0.25) is 10.0 Å². The van der Waals surface area contributed by atoms with Crippen LogP contribution in [0.15, 0.2) is 58.8 Å². The van der Waals surface area contributed by atoms with Crippen LogP contribution in [0.25, 0.3) is 11.4 Å². The lowest BCUT2D eigenvalue weighted by atomic mass is 10.2. The van der Waals surface area contributed by atoms with Gasteiger partial charge in [0.15, 0.2) is 11.0 Å². The number of carbonyl (C=O) groups is 1. The van der Waals surface area contributed by atoms with E-state index in [1.807, 2.05) is 35.9 Å². The first-order valence-corrected chi connectivity index (χ1v) is 9.62. The van der Waals surface area contributed by atoms with E-state index in [0.29, 0.717) is 21.0 Å². The van der Waals surface area contributed by atoms with Crippen LogP contribution >= 0.6 is 35.0 Å². The normalized spacial score (nSPS) is 11.1. The lowest BCUT2D eigenvalue weighted by molar-refractivity contribution is -0.118. The van der Waals surface area contributed by atoms with E-state index in [0.717, 1.165) is 11.1 Å². The van der Waals surface area contributed by atoms with Gasteiger partial charge in [0, 0.05) is 22.7 Å². The summed E-state index contributed by atoms with van der Waals surface area (Å²) in [5.74, 6) is 0.627. The van der Waals surface area contributed by atoms with Gasteiger partial charge in [-0.2, -0.15) is 5.10 Å². The molecule has 0 aliphatic rings. The molecule has 0 bridgehead atoms. The molecule has 0 saturated carbocycles. The molecule has 1 aromatic heterocycles. The minimum Gasteiger partial charge on any atom is -0.305 e. The van der Waals surface area contributed by atoms with E-state index in [2.05, 4.69) is 20.7 Å². The molecular formula is C18H15Cl2N5OS. The number of benzene rings is 2. The highest BCUT2D eigenvalue weighted by Gasteiger charge is 2.12. The van der Waals surface area contributed by atoms with Gasteiger partial charge in [-0.25, -0.2) is 5.43 Å². The molecule has 9 heteroatoms. The first kappa shape index (κ1) is 19.4. The maximum atomic E-state index is 12.0. The SMILES string of the molecule is Cn1c(SCC(=O)N/N=C/c2cccc(Cl)c2)nnc1-c1ccc(Cl)cc1. The summed E-state index contributed by atoms with van der Waals surface area (Å²) in [4.78, 5) is 12.0. The van der Waals surface area contributed by atoms with Crippen molar-refractivity contribution in [1.29, 1.82) is 0 Å². The van der Waals surface area contributed by atoms with Crippen molar-refractivity contribution in [2.24, 2.45) is 12.1 Å². The fourth-order valence-corrected chi connectivity index (χ4v) is 3.25. The molecule has 3 aromatic rings. The monoisotopic (exact) mass is 419 g/mol. The Morgan fingerprint density at radius 2 is 1.96 bits per heavy atom. The van der Waals surface area contributed by atoms with Crippen LogP contribution in [0.5, 0.6) is 0 Å². The van der Waals surface area contributed by atoms with Crippen LogP contribution in [-0.4, -0.2) is 32.6 Å². The summed E-state index contributed by atoms with van der Waals surface area (Å²) in [7, 11) is 1.85. The van der Waals surface area contributed by atoms with Crippen molar-refractivity contribution in [2.75, 3.05) is 5.75 Å². The standard InChI is InChI=1S/C18H15Cl2N5OS/c1-25-17(13-5-7-14(19)8-6-13)23-24-18(25)27-11-16(26)22-21-10-12-3-2-4-15(20)9-12/h2-10H,11H2,1H3,(H,22,26)/b21-10+. The lowest BCUT2D eigenvalue weighted by Crippen LogP contribution is -2.19. The molecule has 27 heavy (non-hydrogen) atoms. The summed E-state index contributed by atoms with van der Waals surface area (Å²) in [6, 6.07) is 14.5. The third kappa shape index (κ3) is 5.32. The summed E-state index contributed by atoms with van der Waals surface area (Å²) in [5, 5.41) is 14.1. The maximum absolute atomic E-state index is 12.0. The Balaban J connectivity index is 1.55. The molecule has 0 spiro atoms. The van der Waals surface area contributed by atoms with Gasteiger partial charge in [-0.1, -0.05) is 47.1 Å². The van der Waals surface area contributed by atoms with Gasteiger partial charge < -0.3 is 4.57 Å². The van der Waals surface area contributed by atoms with Gasteiger partial charge in [-0.3, -0.25) is 4.79 Å². The van der Waals surface area contributed by atoms with Crippen LogP contribution in [0.1, 0.15) is 5.56 Å². The molecule has 6 nitrogen and oxygen atoms in total. The number of hydrazone groups is 1. The smallest absolute Gasteiger partial charge is 0.250 e. The summed E-state index contributed by atoms with van der Waals surface area (Å²) < 4.78 is 1.83. The highest BCUT2D eigenvalue weighted by atomic mass is 35.5. The molecule has 0 fully saturated rings. The zero-order chi connectivity index (χ0) is 19.2. The summed E-state index contributed by atoms with van der Waals surface area (Å²) in [5.41, 5.74) is 4.18. The van der Waals surface area contributed by atoms with Crippen molar-refractivity contribution in [2.45, 2.75) is 5.16 Å². The van der Waals surface area contributed by atoms with Gasteiger partial charge in [0.1, 0.15) is 0 Å². The maximum Gasteiger partial charge on any atom is 0.250 e. The molecule has 1 heterocycles. The molecule has 0 saturated heterocycles. The van der Waals surface area contributed by atoms with E-state index < -0.39 is 0 Å². The quantitative estimate of drug-likeness (QED) is 0.371. The van der Waals surface area contributed by atoms with E-state index in [1.165, 1.54) is 18.0 Å². The number of nitrogens with zero attached hydrogens (tertiary/aromatic N) is 4. The zero-order valence-corrected chi connectivity index (χ0v) is 16.6. The van der Waals surface area contributed by atoms with Crippen molar-refractivity contribution in [3.8, 4) is 11.4 Å². The minimum atomic E-state index is -0.241.